The van der Waals surface area contributed by atoms with Crippen molar-refractivity contribution in [2.24, 2.45) is 0 Å². The molecule has 3 rings (SSSR count). The maximum absolute atomic E-state index is 13.0. The average Bonchev–Trinajstić information content (AvgIpc) is 3.17. The number of aromatic nitrogens is 5. The van der Waals surface area contributed by atoms with E-state index in [-0.39, 0.29) is 23.4 Å². The fourth-order valence-corrected chi connectivity index (χ4v) is 2.52. The number of rotatable bonds is 4. The van der Waals surface area contributed by atoms with Crippen LogP contribution in [0.3, 0.4) is 0 Å². The van der Waals surface area contributed by atoms with Gasteiger partial charge in [0, 0.05) is 12.4 Å². The number of amides is 1. The van der Waals surface area contributed by atoms with Gasteiger partial charge < -0.3 is 5.32 Å². The van der Waals surface area contributed by atoms with Gasteiger partial charge in [-0.3, -0.25) is 4.79 Å². The Bertz CT molecular complexity index is 1010. The molecule has 0 bridgehead atoms. The molecule has 1 N–H and O–H groups in total. The second-order valence-corrected chi connectivity index (χ2v) is 6.08. The highest BCUT2D eigenvalue weighted by molar-refractivity contribution is 5.91. The third kappa shape index (κ3) is 4.55. The highest BCUT2D eigenvalue weighted by atomic mass is 19.4. The Balaban J connectivity index is 1.91. The smallest absolute Gasteiger partial charge is 0.343 e. The van der Waals surface area contributed by atoms with Crippen molar-refractivity contribution in [1.29, 1.82) is 0 Å². The SMILES string of the molecule is CC(NC(=O)c1ncnn1-c1ncccn1)c1cc(C(F)(F)F)cc(C(F)(F)F)c1. The summed E-state index contributed by atoms with van der Waals surface area (Å²) in [4.78, 5) is 24.1. The highest BCUT2D eigenvalue weighted by Crippen LogP contribution is 2.37. The van der Waals surface area contributed by atoms with Gasteiger partial charge in [0.25, 0.3) is 11.9 Å². The number of hydrogen-bond donors (Lipinski definition) is 1. The molecule has 1 atom stereocenters. The predicted molar refractivity (Wildman–Crippen MR) is 89.3 cm³/mol. The van der Waals surface area contributed by atoms with E-state index in [1.54, 1.807) is 0 Å². The minimum Gasteiger partial charge on any atom is -0.343 e. The first-order valence-electron chi connectivity index (χ1n) is 8.24. The van der Waals surface area contributed by atoms with Crippen LogP contribution in [0.1, 0.15) is 40.3 Å². The van der Waals surface area contributed by atoms with E-state index in [9.17, 15) is 31.1 Å². The Morgan fingerprint density at radius 3 is 2.07 bits per heavy atom. The molecule has 7 nitrogen and oxygen atoms in total. The van der Waals surface area contributed by atoms with Gasteiger partial charge in [-0.15, -0.1) is 0 Å². The topological polar surface area (TPSA) is 85.6 Å². The van der Waals surface area contributed by atoms with Crippen LogP contribution < -0.4 is 5.32 Å². The van der Waals surface area contributed by atoms with Crippen molar-refractivity contribution in [3.05, 3.63) is 65.5 Å². The molecule has 2 aromatic heterocycles. The molecule has 13 heteroatoms. The maximum atomic E-state index is 13.0. The summed E-state index contributed by atoms with van der Waals surface area (Å²) in [5.74, 6) is -1.18. The van der Waals surface area contributed by atoms with E-state index in [1.807, 2.05) is 0 Å². The Morgan fingerprint density at radius 2 is 1.53 bits per heavy atom. The minimum atomic E-state index is -5.00. The quantitative estimate of drug-likeness (QED) is 0.640. The molecule has 0 aliphatic heterocycles. The number of nitrogens with zero attached hydrogens (tertiary/aromatic N) is 5. The first-order valence-corrected chi connectivity index (χ1v) is 8.24. The van der Waals surface area contributed by atoms with Crippen molar-refractivity contribution < 1.29 is 31.1 Å². The van der Waals surface area contributed by atoms with Crippen molar-refractivity contribution in [3.8, 4) is 5.95 Å². The summed E-state index contributed by atoms with van der Waals surface area (Å²) >= 11 is 0. The Labute approximate surface area is 164 Å². The monoisotopic (exact) mass is 430 g/mol. The van der Waals surface area contributed by atoms with Gasteiger partial charge in [0.2, 0.25) is 5.82 Å². The second kappa shape index (κ2) is 7.72. The fourth-order valence-electron chi connectivity index (χ4n) is 2.52. The molecule has 0 saturated carbocycles. The summed E-state index contributed by atoms with van der Waals surface area (Å²) in [5.41, 5.74) is -3.34. The number of carbonyl (C=O) groups is 1. The van der Waals surface area contributed by atoms with Gasteiger partial charge in [0.15, 0.2) is 0 Å². The molecule has 0 aliphatic carbocycles. The molecule has 0 aliphatic rings. The van der Waals surface area contributed by atoms with Gasteiger partial charge in [-0.1, -0.05) is 0 Å². The van der Waals surface area contributed by atoms with Gasteiger partial charge in [-0.2, -0.15) is 36.1 Å². The summed E-state index contributed by atoms with van der Waals surface area (Å²) in [5, 5.41) is 6.12. The number of nitrogens with one attached hydrogen (secondary N) is 1. The maximum Gasteiger partial charge on any atom is 0.416 e. The van der Waals surface area contributed by atoms with Gasteiger partial charge in [0.1, 0.15) is 6.33 Å². The molecule has 1 unspecified atom stereocenters. The summed E-state index contributed by atoms with van der Waals surface area (Å²) in [6, 6.07) is 1.43. The second-order valence-electron chi connectivity index (χ2n) is 6.08. The van der Waals surface area contributed by atoms with Crippen molar-refractivity contribution in [3.63, 3.8) is 0 Å². The minimum absolute atomic E-state index is 0.00577. The third-order valence-electron chi connectivity index (χ3n) is 3.95. The Morgan fingerprint density at radius 1 is 0.967 bits per heavy atom. The van der Waals surface area contributed by atoms with Gasteiger partial charge in [0.05, 0.1) is 17.2 Å². The molecule has 1 amide bonds. The van der Waals surface area contributed by atoms with Crippen molar-refractivity contribution >= 4 is 5.91 Å². The summed E-state index contributed by atoms with van der Waals surface area (Å²) < 4.78 is 79.2. The van der Waals surface area contributed by atoms with E-state index in [0.717, 1.165) is 11.0 Å². The fraction of sp³-hybridized carbons (Fsp3) is 0.235. The molecular weight excluding hydrogens is 418 g/mol. The van der Waals surface area contributed by atoms with Crippen LogP contribution in [0.2, 0.25) is 0 Å². The Hall–Kier alpha value is -3.51. The zero-order valence-corrected chi connectivity index (χ0v) is 15.0. The van der Waals surface area contributed by atoms with E-state index >= 15 is 0 Å². The lowest BCUT2D eigenvalue weighted by Gasteiger charge is -2.19. The molecule has 3 aromatic rings. The number of alkyl halides is 6. The standard InChI is InChI=1S/C17H12F6N6O/c1-9(10-5-11(16(18,19)20)7-12(6-10)17(21,22)23)28-14(30)13-26-8-27-29(13)15-24-3-2-4-25-15/h2-9H,1H3,(H,28,30). The summed E-state index contributed by atoms with van der Waals surface area (Å²) in [6.07, 6.45) is -6.19. The van der Waals surface area contributed by atoms with E-state index in [1.165, 1.54) is 25.4 Å². The van der Waals surface area contributed by atoms with Crippen molar-refractivity contribution in [1.82, 2.24) is 30.0 Å². The van der Waals surface area contributed by atoms with Crippen LogP contribution in [-0.4, -0.2) is 30.6 Å². The molecule has 158 valence electrons. The van der Waals surface area contributed by atoms with Crippen molar-refractivity contribution in [2.45, 2.75) is 25.3 Å². The molecular formula is C17H12F6N6O. The highest BCUT2D eigenvalue weighted by Gasteiger charge is 2.37. The normalized spacial score (nSPS) is 13.2. The van der Waals surface area contributed by atoms with Crippen LogP contribution in [-0.2, 0) is 12.4 Å². The first-order chi connectivity index (χ1) is 14.0. The molecule has 0 fully saturated rings. The zero-order valence-electron chi connectivity index (χ0n) is 15.0. The van der Waals surface area contributed by atoms with Crippen molar-refractivity contribution in [2.75, 3.05) is 0 Å². The third-order valence-corrected chi connectivity index (χ3v) is 3.95. The molecule has 0 radical (unpaired) electrons. The van der Waals surface area contributed by atoms with Crippen LogP contribution >= 0.6 is 0 Å². The van der Waals surface area contributed by atoms with E-state index in [0.29, 0.717) is 12.1 Å². The van der Waals surface area contributed by atoms with E-state index in [2.05, 4.69) is 25.4 Å². The molecule has 2 heterocycles. The summed E-state index contributed by atoms with van der Waals surface area (Å²) in [7, 11) is 0. The lowest BCUT2D eigenvalue weighted by Crippen LogP contribution is -2.30. The predicted octanol–water partition coefficient (Wildman–Crippen LogP) is 3.59. The van der Waals surface area contributed by atoms with Crippen LogP contribution in [0, 0.1) is 0 Å². The van der Waals surface area contributed by atoms with Gasteiger partial charge in [-0.05, 0) is 36.8 Å². The number of benzene rings is 1. The average molecular weight is 430 g/mol. The number of halogens is 6. The zero-order chi connectivity index (χ0) is 22.1. The molecule has 30 heavy (non-hydrogen) atoms. The summed E-state index contributed by atoms with van der Waals surface area (Å²) in [6.45, 7) is 1.24. The Kier molecular flexibility index (Phi) is 5.46. The van der Waals surface area contributed by atoms with Gasteiger partial charge in [-0.25, -0.2) is 15.0 Å². The first kappa shape index (κ1) is 21.2. The van der Waals surface area contributed by atoms with Gasteiger partial charge >= 0.3 is 12.4 Å². The lowest BCUT2D eigenvalue weighted by molar-refractivity contribution is -0.143. The largest absolute Gasteiger partial charge is 0.416 e. The van der Waals surface area contributed by atoms with Crippen LogP contribution in [0.15, 0.2) is 43.0 Å². The van der Waals surface area contributed by atoms with Crippen LogP contribution in [0.5, 0.6) is 0 Å². The number of hydrogen-bond acceptors (Lipinski definition) is 5. The molecule has 0 saturated heterocycles. The van der Waals surface area contributed by atoms with E-state index < -0.39 is 35.4 Å². The van der Waals surface area contributed by atoms with Crippen LogP contribution in [0.25, 0.3) is 5.95 Å². The molecule has 0 spiro atoms. The number of carbonyl (C=O) groups excluding carboxylic acids is 1. The van der Waals surface area contributed by atoms with E-state index in [4.69, 9.17) is 0 Å². The lowest BCUT2D eigenvalue weighted by atomic mass is 10.0. The molecule has 1 aromatic carbocycles. The van der Waals surface area contributed by atoms with Crippen LogP contribution in [0.4, 0.5) is 26.3 Å².